The van der Waals surface area contributed by atoms with Gasteiger partial charge in [0.1, 0.15) is 0 Å². The van der Waals surface area contributed by atoms with E-state index < -0.39 is 0 Å². The predicted molar refractivity (Wildman–Crippen MR) is 93.2 cm³/mol. The fourth-order valence-electron chi connectivity index (χ4n) is 3.73. The van der Waals surface area contributed by atoms with Gasteiger partial charge in [-0.05, 0) is 61.6 Å². The second-order valence-corrected chi connectivity index (χ2v) is 7.14. The van der Waals surface area contributed by atoms with Gasteiger partial charge in [-0.2, -0.15) is 0 Å². The van der Waals surface area contributed by atoms with Gasteiger partial charge in [0.25, 0.3) is 0 Å². The van der Waals surface area contributed by atoms with Crippen molar-refractivity contribution >= 4 is 23.2 Å². The maximum atomic E-state index is 11.9. The first-order valence-electron chi connectivity index (χ1n) is 8.37. The summed E-state index contributed by atoms with van der Waals surface area (Å²) < 4.78 is 2.43. The molecular formula is C19H21ClN2O. The molecule has 1 aliphatic heterocycles. The number of fused-ring (bicyclic) bond motifs is 1. The zero-order valence-electron chi connectivity index (χ0n) is 13.3. The molecule has 0 saturated heterocycles. The number of anilines is 1. The summed E-state index contributed by atoms with van der Waals surface area (Å²) in [5.41, 5.74) is 3.67. The predicted octanol–water partition coefficient (Wildman–Crippen LogP) is 4.56. The summed E-state index contributed by atoms with van der Waals surface area (Å²) in [5.74, 6) is 0.479. The van der Waals surface area contributed by atoms with Crippen LogP contribution in [0.25, 0.3) is 0 Å². The normalized spacial score (nSPS) is 19.9. The molecule has 3 nitrogen and oxygen atoms in total. The van der Waals surface area contributed by atoms with E-state index in [-0.39, 0.29) is 5.91 Å². The van der Waals surface area contributed by atoms with E-state index in [9.17, 15) is 4.79 Å². The van der Waals surface area contributed by atoms with Crippen molar-refractivity contribution in [1.82, 2.24) is 4.57 Å². The van der Waals surface area contributed by atoms with Gasteiger partial charge in [0.2, 0.25) is 5.91 Å². The smallest absolute Gasteiger partial charge is 0.223 e. The lowest BCUT2D eigenvalue weighted by atomic mass is 9.95. The van der Waals surface area contributed by atoms with E-state index >= 15 is 0 Å². The zero-order valence-corrected chi connectivity index (χ0v) is 14.1. The second-order valence-electron chi connectivity index (χ2n) is 6.71. The molecule has 120 valence electrons. The SMILES string of the molecule is CC(=O)N1CC(CCc2cccn2C2CC2)c2cc(Cl)ccc21. The molecule has 23 heavy (non-hydrogen) atoms. The lowest BCUT2D eigenvalue weighted by molar-refractivity contribution is -0.116. The molecule has 0 N–H and O–H groups in total. The summed E-state index contributed by atoms with van der Waals surface area (Å²) >= 11 is 6.18. The summed E-state index contributed by atoms with van der Waals surface area (Å²) in [6, 6.07) is 11.0. The van der Waals surface area contributed by atoms with Gasteiger partial charge in [0.15, 0.2) is 0 Å². The number of aryl methyl sites for hydroxylation is 1. The fraction of sp³-hybridized carbons (Fsp3) is 0.421. The molecule has 1 unspecified atom stereocenters. The van der Waals surface area contributed by atoms with E-state index in [0.29, 0.717) is 5.92 Å². The molecule has 4 heteroatoms. The average Bonchev–Trinajstić information content (AvgIpc) is 3.15. The summed E-state index contributed by atoms with van der Waals surface area (Å²) in [6.45, 7) is 2.41. The zero-order chi connectivity index (χ0) is 16.0. The maximum Gasteiger partial charge on any atom is 0.223 e. The summed E-state index contributed by atoms with van der Waals surface area (Å²) in [7, 11) is 0. The Morgan fingerprint density at radius 3 is 2.87 bits per heavy atom. The Labute approximate surface area is 141 Å². The van der Waals surface area contributed by atoms with Gasteiger partial charge in [0, 0.05) is 48.0 Å². The van der Waals surface area contributed by atoms with Crippen molar-refractivity contribution in [2.75, 3.05) is 11.4 Å². The summed E-state index contributed by atoms with van der Waals surface area (Å²) in [5, 5.41) is 0.750. The highest BCUT2D eigenvalue weighted by Gasteiger charge is 2.31. The Hall–Kier alpha value is -1.74. The van der Waals surface area contributed by atoms with Crippen molar-refractivity contribution < 1.29 is 4.79 Å². The highest BCUT2D eigenvalue weighted by Crippen LogP contribution is 2.41. The van der Waals surface area contributed by atoms with E-state index in [0.717, 1.165) is 36.1 Å². The minimum atomic E-state index is 0.109. The van der Waals surface area contributed by atoms with Crippen LogP contribution in [0.15, 0.2) is 36.5 Å². The van der Waals surface area contributed by atoms with E-state index in [4.69, 9.17) is 11.6 Å². The molecular weight excluding hydrogens is 308 g/mol. The Kier molecular flexibility index (Phi) is 3.68. The van der Waals surface area contributed by atoms with Gasteiger partial charge in [-0.15, -0.1) is 0 Å². The van der Waals surface area contributed by atoms with Crippen molar-refractivity contribution in [2.24, 2.45) is 0 Å². The molecule has 1 fully saturated rings. The summed E-state index contributed by atoms with van der Waals surface area (Å²) in [4.78, 5) is 13.8. The lowest BCUT2D eigenvalue weighted by Crippen LogP contribution is -2.27. The highest BCUT2D eigenvalue weighted by molar-refractivity contribution is 6.30. The number of hydrogen-bond donors (Lipinski definition) is 0. The molecule has 1 saturated carbocycles. The molecule has 2 heterocycles. The monoisotopic (exact) mass is 328 g/mol. The van der Waals surface area contributed by atoms with Gasteiger partial charge in [-0.3, -0.25) is 4.79 Å². The lowest BCUT2D eigenvalue weighted by Gasteiger charge is -2.15. The van der Waals surface area contributed by atoms with E-state index in [1.165, 1.54) is 24.1 Å². The van der Waals surface area contributed by atoms with Gasteiger partial charge in [0.05, 0.1) is 0 Å². The number of benzene rings is 1. The molecule has 4 rings (SSSR count). The summed E-state index contributed by atoms with van der Waals surface area (Å²) in [6.07, 6.45) is 6.91. The molecule has 1 aromatic heterocycles. The molecule has 1 aliphatic carbocycles. The number of amides is 1. The molecule has 1 amide bonds. The second kappa shape index (κ2) is 5.72. The number of aromatic nitrogens is 1. The third kappa shape index (κ3) is 2.78. The number of nitrogens with zero attached hydrogens (tertiary/aromatic N) is 2. The van der Waals surface area contributed by atoms with E-state index in [2.05, 4.69) is 22.9 Å². The van der Waals surface area contributed by atoms with Crippen molar-refractivity contribution in [3.63, 3.8) is 0 Å². The molecule has 1 atom stereocenters. The quantitative estimate of drug-likeness (QED) is 0.807. The molecule has 0 radical (unpaired) electrons. The Bertz CT molecular complexity index is 748. The van der Waals surface area contributed by atoms with Crippen molar-refractivity contribution in [1.29, 1.82) is 0 Å². The third-order valence-electron chi connectivity index (χ3n) is 5.06. The van der Waals surface area contributed by atoms with Crippen LogP contribution in [0.5, 0.6) is 0 Å². The van der Waals surface area contributed by atoms with Crippen LogP contribution >= 0.6 is 11.6 Å². The van der Waals surface area contributed by atoms with Crippen LogP contribution in [0.2, 0.25) is 5.02 Å². The van der Waals surface area contributed by atoms with Gasteiger partial charge < -0.3 is 9.47 Å². The minimum absolute atomic E-state index is 0.109. The molecule has 0 spiro atoms. The average molecular weight is 329 g/mol. The van der Waals surface area contributed by atoms with Crippen LogP contribution in [0.3, 0.4) is 0 Å². The Morgan fingerprint density at radius 2 is 2.13 bits per heavy atom. The van der Waals surface area contributed by atoms with Gasteiger partial charge in [-0.25, -0.2) is 0 Å². The minimum Gasteiger partial charge on any atom is -0.348 e. The maximum absolute atomic E-state index is 11.9. The van der Waals surface area contributed by atoms with Crippen LogP contribution in [0.4, 0.5) is 5.69 Å². The van der Waals surface area contributed by atoms with Crippen molar-refractivity contribution in [3.05, 3.63) is 52.8 Å². The number of rotatable bonds is 4. The first kappa shape index (κ1) is 14.8. The van der Waals surface area contributed by atoms with Crippen molar-refractivity contribution in [2.45, 2.75) is 44.6 Å². The molecule has 0 bridgehead atoms. The highest BCUT2D eigenvalue weighted by atomic mass is 35.5. The van der Waals surface area contributed by atoms with E-state index in [1.54, 1.807) is 6.92 Å². The van der Waals surface area contributed by atoms with Crippen LogP contribution < -0.4 is 4.90 Å². The van der Waals surface area contributed by atoms with Crippen LogP contribution in [0.1, 0.15) is 49.4 Å². The molecule has 2 aliphatic rings. The Morgan fingerprint density at radius 1 is 1.30 bits per heavy atom. The number of hydrogen-bond acceptors (Lipinski definition) is 1. The molecule has 2 aromatic rings. The number of halogens is 1. The fourth-order valence-corrected chi connectivity index (χ4v) is 3.91. The van der Waals surface area contributed by atoms with E-state index in [1.807, 2.05) is 23.1 Å². The standard InChI is InChI=1S/C19H21ClN2O/c1-13(23)22-12-14(18-11-15(20)5-9-19(18)22)4-6-16-3-2-10-21(16)17-7-8-17/h2-3,5,9-11,14,17H,4,6-8,12H2,1H3. The van der Waals surface area contributed by atoms with Gasteiger partial charge >= 0.3 is 0 Å². The number of carbonyl (C=O) groups is 1. The topological polar surface area (TPSA) is 25.2 Å². The number of carbonyl (C=O) groups excluding carboxylic acids is 1. The Balaban J connectivity index is 1.54. The third-order valence-corrected chi connectivity index (χ3v) is 5.29. The molecule has 1 aromatic carbocycles. The van der Waals surface area contributed by atoms with Crippen LogP contribution in [-0.2, 0) is 11.2 Å². The van der Waals surface area contributed by atoms with Gasteiger partial charge in [-0.1, -0.05) is 11.6 Å². The van der Waals surface area contributed by atoms with Crippen LogP contribution in [0, 0.1) is 0 Å². The van der Waals surface area contributed by atoms with Crippen molar-refractivity contribution in [3.8, 4) is 0 Å². The first-order valence-corrected chi connectivity index (χ1v) is 8.74. The van der Waals surface area contributed by atoms with Crippen LogP contribution in [-0.4, -0.2) is 17.0 Å². The first-order chi connectivity index (χ1) is 11.1. The largest absolute Gasteiger partial charge is 0.348 e.